The highest BCUT2D eigenvalue weighted by molar-refractivity contribution is 5.78. The number of amides is 1. The molecule has 0 aromatic carbocycles. The van der Waals surface area contributed by atoms with Crippen molar-refractivity contribution in [2.24, 2.45) is 0 Å². The van der Waals surface area contributed by atoms with Gasteiger partial charge in [-0.05, 0) is 31.0 Å². The molecule has 0 spiro atoms. The lowest BCUT2D eigenvalue weighted by Gasteiger charge is -2.19. The summed E-state index contributed by atoms with van der Waals surface area (Å²) in [6.07, 6.45) is 2.85. The van der Waals surface area contributed by atoms with Crippen molar-refractivity contribution < 1.29 is 4.79 Å². The van der Waals surface area contributed by atoms with E-state index in [1.165, 1.54) is 5.56 Å². The lowest BCUT2D eigenvalue weighted by atomic mass is 10.2. The summed E-state index contributed by atoms with van der Waals surface area (Å²) in [5.74, 6) is 1.11. The topological polar surface area (TPSA) is 48.5 Å². The Morgan fingerprint density at radius 2 is 2.26 bits per heavy atom. The van der Waals surface area contributed by atoms with Crippen LogP contribution in [0.1, 0.15) is 18.9 Å². The first kappa shape index (κ1) is 13.8. The molecule has 0 atom stereocenters. The number of anilines is 1. The zero-order valence-corrected chi connectivity index (χ0v) is 11.7. The van der Waals surface area contributed by atoms with Gasteiger partial charge in [0.05, 0.1) is 6.54 Å². The molecule has 104 valence electrons. The lowest BCUT2D eigenvalue weighted by molar-refractivity contribution is -0.129. The van der Waals surface area contributed by atoms with Crippen molar-refractivity contribution in [3.05, 3.63) is 23.9 Å². The second-order valence-corrected chi connectivity index (χ2v) is 4.96. The molecule has 1 saturated heterocycles. The van der Waals surface area contributed by atoms with Crippen LogP contribution in [0.2, 0.25) is 0 Å². The fourth-order valence-corrected chi connectivity index (χ4v) is 2.29. The van der Waals surface area contributed by atoms with Gasteiger partial charge in [0.25, 0.3) is 0 Å². The third-order valence-corrected chi connectivity index (χ3v) is 3.34. The first-order valence-corrected chi connectivity index (χ1v) is 6.84. The number of nitrogens with zero attached hydrogens (tertiary/aromatic N) is 3. The van der Waals surface area contributed by atoms with Crippen molar-refractivity contribution in [3.8, 4) is 0 Å². The van der Waals surface area contributed by atoms with E-state index in [-0.39, 0.29) is 5.91 Å². The summed E-state index contributed by atoms with van der Waals surface area (Å²) in [6, 6.07) is 4.07. The van der Waals surface area contributed by atoms with Gasteiger partial charge >= 0.3 is 0 Å². The summed E-state index contributed by atoms with van der Waals surface area (Å²) < 4.78 is 0. The Labute approximate surface area is 114 Å². The molecule has 2 rings (SSSR count). The van der Waals surface area contributed by atoms with Crippen LogP contribution in [0.25, 0.3) is 0 Å². The fraction of sp³-hybridized carbons (Fsp3) is 0.571. The lowest BCUT2D eigenvalue weighted by Crippen LogP contribution is -2.34. The molecule has 1 fully saturated rings. The second kappa shape index (κ2) is 6.52. The average molecular weight is 262 g/mol. The minimum Gasteiger partial charge on any atom is -0.370 e. The minimum absolute atomic E-state index is 0.207. The standard InChI is InChI=1S/C14H22N4O/c1-3-15-13-9-12(5-6-16-13)10-18-8-4-7-17(2)14(19)11-18/h5-6,9H,3-4,7-8,10-11H2,1-2H3,(H,15,16). The smallest absolute Gasteiger partial charge is 0.236 e. The molecule has 1 aliphatic rings. The molecule has 1 aromatic rings. The van der Waals surface area contributed by atoms with Crippen molar-refractivity contribution in [1.82, 2.24) is 14.8 Å². The Hall–Kier alpha value is -1.62. The summed E-state index contributed by atoms with van der Waals surface area (Å²) in [6.45, 7) is 6.06. The van der Waals surface area contributed by atoms with Gasteiger partial charge in [0.15, 0.2) is 0 Å². The van der Waals surface area contributed by atoms with Gasteiger partial charge in [-0.15, -0.1) is 0 Å². The van der Waals surface area contributed by atoms with E-state index in [0.717, 1.165) is 38.4 Å². The Bertz CT molecular complexity index is 435. The highest BCUT2D eigenvalue weighted by Crippen LogP contribution is 2.11. The van der Waals surface area contributed by atoms with Crippen LogP contribution in [0.3, 0.4) is 0 Å². The maximum absolute atomic E-state index is 11.8. The monoisotopic (exact) mass is 262 g/mol. The summed E-state index contributed by atoms with van der Waals surface area (Å²) in [5.41, 5.74) is 1.20. The zero-order chi connectivity index (χ0) is 13.7. The van der Waals surface area contributed by atoms with Gasteiger partial charge in [0, 0.05) is 39.4 Å². The number of aromatic nitrogens is 1. The highest BCUT2D eigenvalue weighted by atomic mass is 16.2. The van der Waals surface area contributed by atoms with E-state index in [2.05, 4.69) is 28.2 Å². The number of rotatable bonds is 4. The number of carbonyl (C=O) groups excluding carboxylic acids is 1. The molecule has 1 N–H and O–H groups in total. The van der Waals surface area contributed by atoms with Crippen molar-refractivity contribution in [3.63, 3.8) is 0 Å². The van der Waals surface area contributed by atoms with E-state index >= 15 is 0 Å². The van der Waals surface area contributed by atoms with Gasteiger partial charge in [-0.3, -0.25) is 9.69 Å². The molecule has 0 unspecified atom stereocenters. The van der Waals surface area contributed by atoms with E-state index in [1.807, 2.05) is 24.2 Å². The number of likely N-dealkylation sites (N-methyl/N-ethyl adjacent to an activating group) is 1. The van der Waals surface area contributed by atoms with Crippen LogP contribution in [0.15, 0.2) is 18.3 Å². The van der Waals surface area contributed by atoms with Gasteiger partial charge in [-0.1, -0.05) is 0 Å². The predicted octanol–water partition coefficient (Wildman–Crippen LogP) is 1.18. The van der Waals surface area contributed by atoms with Crippen molar-refractivity contribution in [1.29, 1.82) is 0 Å². The Morgan fingerprint density at radius 1 is 1.42 bits per heavy atom. The van der Waals surface area contributed by atoms with E-state index in [1.54, 1.807) is 0 Å². The molecule has 19 heavy (non-hydrogen) atoms. The van der Waals surface area contributed by atoms with Gasteiger partial charge in [-0.25, -0.2) is 4.98 Å². The van der Waals surface area contributed by atoms with E-state index in [4.69, 9.17) is 0 Å². The zero-order valence-electron chi connectivity index (χ0n) is 11.7. The van der Waals surface area contributed by atoms with Crippen LogP contribution in [0.5, 0.6) is 0 Å². The molecule has 5 nitrogen and oxygen atoms in total. The largest absolute Gasteiger partial charge is 0.370 e. The van der Waals surface area contributed by atoms with Crippen LogP contribution in [0.4, 0.5) is 5.82 Å². The van der Waals surface area contributed by atoms with E-state index in [9.17, 15) is 4.79 Å². The number of nitrogens with one attached hydrogen (secondary N) is 1. The minimum atomic E-state index is 0.207. The highest BCUT2D eigenvalue weighted by Gasteiger charge is 2.18. The molecule has 2 heterocycles. The molecule has 0 saturated carbocycles. The molecule has 0 bridgehead atoms. The number of hydrogen-bond donors (Lipinski definition) is 1. The second-order valence-electron chi connectivity index (χ2n) is 4.96. The normalized spacial score (nSPS) is 17.4. The summed E-state index contributed by atoms with van der Waals surface area (Å²) in [7, 11) is 1.88. The molecular weight excluding hydrogens is 240 g/mol. The maximum atomic E-state index is 11.8. The molecule has 0 aliphatic carbocycles. The summed E-state index contributed by atoms with van der Waals surface area (Å²) >= 11 is 0. The third kappa shape index (κ3) is 3.92. The summed E-state index contributed by atoms with van der Waals surface area (Å²) in [4.78, 5) is 20.1. The summed E-state index contributed by atoms with van der Waals surface area (Å²) in [5, 5.41) is 3.21. The number of hydrogen-bond acceptors (Lipinski definition) is 4. The Balaban J connectivity index is 1.99. The molecule has 1 amide bonds. The van der Waals surface area contributed by atoms with Crippen LogP contribution in [-0.2, 0) is 11.3 Å². The van der Waals surface area contributed by atoms with Crippen molar-refractivity contribution in [2.75, 3.05) is 38.5 Å². The molecule has 1 aliphatic heterocycles. The van der Waals surface area contributed by atoms with Crippen LogP contribution >= 0.6 is 0 Å². The van der Waals surface area contributed by atoms with Crippen LogP contribution in [-0.4, -0.2) is 53.9 Å². The Kier molecular flexibility index (Phi) is 4.74. The molecule has 0 radical (unpaired) electrons. The quantitative estimate of drug-likeness (QED) is 0.885. The van der Waals surface area contributed by atoms with Gasteiger partial charge in [0.2, 0.25) is 5.91 Å². The first-order valence-electron chi connectivity index (χ1n) is 6.84. The van der Waals surface area contributed by atoms with Gasteiger partial charge < -0.3 is 10.2 Å². The van der Waals surface area contributed by atoms with Gasteiger partial charge in [0.1, 0.15) is 5.82 Å². The third-order valence-electron chi connectivity index (χ3n) is 3.34. The number of pyridine rings is 1. The van der Waals surface area contributed by atoms with Crippen LogP contribution in [0, 0.1) is 0 Å². The molecule has 1 aromatic heterocycles. The molecular formula is C14H22N4O. The average Bonchev–Trinajstić information content (AvgIpc) is 2.53. The SMILES string of the molecule is CCNc1cc(CN2CCCN(C)C(=O)C2)ccn1. The number of carbonyl (C=O) groups is 1. The maximum Gasteiger partial charge on any atom is 0.236 e. The van der Waals surface area contributed by atoms with Gasteiger partial charge in [-0.2, -0.15) is 0 Å². The Morgan fingerprint density at radius 3 is 3.05 bits per heavy atom. The predicted molar refractivity (Wildman–Crippen MR) is 75.9 cm³/mol. The fourth-order valence-electron chi connectivity index (χ4n) is 2.29. The van der Waals surface area contributed by atoms with Crippen molar-refractivity contribution >= 4 is 11.7 Å². The van der Waals surface area contributed by atoms with E-state index in [0.29, 0.717) is 6.54 Å². The first-order chi connectivity index (χ1) is 9.19. The van der Waals surface area contributed by atoms with E-state index < -0.39 is 0 Å². The van der Waals surface area contributed by atoms with Crippen molar-refractivity contribution in [2.45, 2.75) is 19.9 Å². The van der Waals surface area contributed by atoms with Crippen LogP contribution < -0.4 is 5.32 Å². The molecule has 5 heteroatoms.